The van der Waals surface area contributed by atoms with E-state index in [1.807, 2.05) is 12.1 Å². The van der Waals surface area contributed by atoms with Crippen LogP contribution in [0, 0.1) is 0 Å². The van der Waals surface area contributed by atoms with Crippen molar-refractivity contribution < 1.29 is 9.59 Å². The Balaban J connectivity index is 1.39. The number of rotatable bonds is 4. The molecule has 3 fully saturated rings. The maximum Gasteiger partial charge on any atom is 0.251 e. The van der Waals surface area contributed by atoms with Crippen LogP contribution in [0.1, 0.15) is 74.6 Å². The van der Waals surface area contributed by atoms with E-state index in [4.69, 9.17) is 0 Å². The number of nitrogens with one attached hydrogen (secondary N) is 2. The minimum absolute atomic E-state index is 0.0331. The molecule has 1 heterocycles. The van der Waals surface area contributed by atoms with Crippen molar-refractivity contribution in [1.29, 1.82) is 0 Å². The van der Waals surface area contributed by atoms with Crippen molar-refractivity contribution in [2.24, 2.45) is 0 Å². The van der Waals surface area contributed by atoms with E-state index in [0.717, 1.165) is 25.7 Å². The lowest BCUT2D eigenvalue weighted by Crippen LogP contribution is -2.68. The van der Waals surface area contributed by atoms with Crippen molar-refractivity contribution in [3.05, 3.63) is 29.8 Å². The molecule has 2 N–H and O–H groups in total. The molecule has 2 amide bonds. The number of carbonyl (C=O) groups excluding carboxylic acids is 2. The molecule has 2 saturated carbocycles. The van der Waals surface area contributed by atoms with E-state index in [9.17, 15) is 9.59 Å². The molecular formula is C22H31N3O2. The van der Waals surface area contributed by atoms with Gasteiger partial charge in [-0.3, -0.25) is 9.59 Å². The van der Waals surface area contributed by atoms with Gasteiger partial charge in [-0.05, 0) is 62.8 Å². The average molecular weight is 370 g/mol. The van der Waals surface area contributed by atoms with Crippen LogP contribution < -0.4 is 15.5 Å². The zero-order valence-electron chi connectivity index (χ0n) is 16.3. The summed E-state index contributed by atoms with van der Waals surface area (Å²) in [5, 5.41) is 6.33. The average Bonchev–Trinajstić information content (AvgIpc) is 2.68. The van der Waals surface area contributed by atoms with Crippen LogP contribution in [0.2, 0.25) is 0 Å². The Morgan fingerprint density at radius 1 is 1.07 bits per heavy atom. The Labute approximate surface area is 161 Å². The molecule has 2 aliphatic carbocycles. The van der Waals surface area contributed by atoms with E-state index in [0.29, 0.717) is 18.0 Å². The molecule has 0 radical (unpaired) electrons. The van der Waals surface area contributed by atoms with Crippen LogP contribution in [-0.4, -0.2) is 36.5 Å². The van der Waals surface area contributed by atoms with Gasteiger partial charge in [0.05, 0.1) is 11.6 Å². The Morgan fingerprint density at radius 2 is 1.78 bits per heavy atom. The van der Waals surface area contributed by atoms with Crippen LogP contribution in [0.5, 0.6) is 0 Å². The van der Waals surface area contributed by atoms with Crippen LogP contribution in [-0.2, 0) is 4.79 Å². The Kier molecular flexibility index (Phi) is 5.11. The summed E-state index contributed by atoms with van der Waals surface area (Å²) in [6.07, 6.45) is 10.8. The van der Waals surface area contributed by atoms with Gasteiger partial charge in [0.2, 0.25) is 5.91 Å². The van der Waals surface area contributed by atoms with Gasteiger partial charge >= 0.3 is 0 Å². The standard InChI is InChI=1S/C22H31N3O2/c1-25(17-6-3-2-4-7-17)18-10-8-16(9-11-18)21(27)23-19-12-13-20(26)24-22(19)14-5-15-22/h8-11,17,19H,2-7,12-15H2,1H3,(H,23,27)(H,24,26). The highest BCUT2D eigenvalue weighted by molar-refractivity contribution is 5.95. The summed E-state index contributed by atoms with van der Waals surface area (Å²) in [7, 11) is 2.16. The molecule has 1 aliphatic heterocycles. The number of amides is 2. The molecule has 1 saturated heterocycles. The predicted molar refractivity (Wildman–Crippen MR) is 107 cm³/mol. The summed E-state index contributed by atoms with van der Waals surface area (Å²) in [5.74, 6) is 0.0876. The third kappa shape index (κ3) is 3.69. The summed E-state index contributed by atoms with van der Waals surface area (Å²) >= 11 is 0. The molecule has 5 heteroatoms. The number of benzene rings is 1. The zero-order chi connectivity index (χ0) is 18.9. The van der Waals surface area contributed by atoms with Crippen LogP contribution in [0.25, 0.3) is 0 Å². The van der Waals surface area contributed by atoms with Crippen LogP contribution in [0.15, 0.2) is 24.3 Å². The highest BCUT2D eigenvalue weighted by atomic mass is 16.2. The molecule has 1 aromatic rings. The fourth-order valence-electron chi connectivity index (χ4n) is 4.99. The smallest absolute Gasteiger partial charge is 0.251 e. The number of anilines is 1. The SMILES string of the molecule is CN(c1ccc(C(=O)NC2CCC(=O)NC23CCC3)cc1)C1CCCCC1. The molecule has 3 aliphatic rings. The van der Waals surface area contributed by atoms with E-state index >= 15 is 0 Å². The van der Waals surface area contributed by atoms with E-state index in [2.05, 4.69) is 34.7 Å². The first kappa shape index (κ1) is 18.3. The second-order valence-corrected chi connectivity index (χ2v) is 8.57. The monoisotopic (exact) mass is 369 g/mol. The molecule has 5 nitrogen and oxygen atoms in total. The lowest BCUT2D eigenvalue weighted by atomic mass is 9.68. The second kappa shape index (κ2) is 7.53. The molecule has 1 spiro atoms. The zero-order valence-corrected chi connectivity index (χ0v) is 16.3. The molecule has 0 bridgehead atoms. The number of nitrogens with zero attached hydrogens (tertiary/aromatic N) is 1. The first-order chi connectivity index (χ1) is 13.1. The van der Waals surface area contributed by atoms with Gasteiger partial charge in [-0.2, -0.15) is 0 Å². The van der Waals surface area contributed by atoms with Crippen LogP contribution in [0.3, 0.4) is 0 Å². The Bertz CT molecular complexity index is 690. The minimum atomic E-state index is -0.202. The summed E-state index contributed by atoms with van der Waals surface area (Å²) in [5.41, 5.74) is 1.67. The van der Waals surface area contributed by atoms with E-state index < -0.39 is 0 Å². The molecule has 27 heavy (non-hydrogen) atoms. The first-order valence-electron chi connectivity index (χ1n) is 10.5. The van der Waals surface area contributed by atoms with Gasteiger partial charge < -0.3 is 15.5 Å². The third-order valence-corrected chi connectivity index (χ3v) is 6.93. The van der Waals surface area contributed by atoms with Gasteiger partial charge in [-0.25, -0.2) is 0 Å². The summed E-state index contributed by atoms with van der Waals surface area (Å²) < 4.78 is 0. The highest BCUT2D eigenvalue weighted by Crippen LogP contribution is 2.39. The van der Waals surface area contributed by atoms with Crippen molar-refractivity contribution >= 4 is 17.5 Å². The van der Waals surface area contributed by atoms with Gasteiger partial charge in [-0.1, -0.05) is 19.3 Å². The number of hydrogen-bond acceptors (Lipinski definition) is 3. The van der Waals surface area contributed by atoms with E-state index in [1.165, 1.54) is 37.8 Å². The van der Waals surface area contributed by atoms with Crippen LogP contribution >= 0.6 is 0 Å². The Hall–Kier alpha value is -2.04. The van der Waals surface area contributed by atoms with Crippen LogP contribution in [0.4, 0.5) is 5.69 Å². The third-order valence-electron chi connectivity index (χ3n) is 6.93. The van der Waals surface area contributed by atoms with Crippen molar-refractivity contribution in [2.75, 3.05) is 11.9 Å². The summed E-state index contributed by atoms with van der Waals surface area (Å²) in [6.45, 7) is 0. The minimum Gasteiger partial charge on any atom is -0.372 e. The van der Waals surface area contributed by atoms with Crippen molar-refractivity contribution in [1.82, 2.24) is 10.6 Å². The fraction of sp³-hybridized carbons (Fsp3) is 0.636. The number of piperidine rings is 1. The lowest BCUT2D eigenvalue weighted by molar-refractivity contribution is -0.127. The molecule has 1 aromatic carbocycles. The molecule has 1 unspecified atom stereocenters. The van der Waals surface area contributed by atoms with Crippen molar-refractivity contribution in [2.45, 2.75) is 81.8 Å². The molecule has 4 rings (SSSR count). The fourth-order valence-corrected chi connectivity index (χ4v) is 4.99. The quantitative estimate of drug-likeness (QED) is 0.855. The summed E-state index contributed by atoms with van der Waals surface area (Å²) in [4.78, 5) is 26.9. The maximum absolute atomic E-state index is 12.8. The first-order valence-corrected chi connectivity index (χ1v) is 10.5. The highest BCUT2D eigenvalue weighted by Gasteiger charge is 2.48. The number of hydrogen-bond donors (Lipinski definition) is 2. The van der Waals surface area contributed by atoms with Crippen molar-refractivity contribution in [3.8, 4) is 0 Å². The van der Waals surface area contributed by atoms with Gasteiger partial charge in [0.15, 0.2) is 0 Å². The lowest BCUT2D eigenvalue weighted by Gasteiger charge is -2.50. The van der Waals surface area contributed by atoms with E-state index in [1.54, 1.807) is 0 Å². The maximum atomic E-state index is 12.8. The predicted octanol–water partition coefficient (Wildman–Crippen LogP) is 3.39. The Morgan fingerprint density at radius 3 is 2.41 bits per heavy atom. The molecular weight excluding hydrogens is 338 g/mol. The van der Waals surface area contributed by atoms with E-state index in [-0.39, 0.29) is 23.4 Å². The number of carbonyl (C=O) groups is 2. The molecule has 0 aromatic heterocycles. The second-order valence-electron chi connectivity index (χ2n) is 8.57. The molecule has 1 atom stereocenters. The van der Waals surface area contributed by atoms with Gasteiger partial charge in [0.1, 0.15) is 0 Å². The van der Waals surface area contributed by atoms with Crippen molar-refractivity contribution in [3.63, 3.8) is 0 Å². The van der Waals surface area contributed by atoms with Gasteiger partial charge in [-0.15, -0.1) is 0 Å². The normalized spacial score (nSPS) is 24.8. The largest absolute Gasteiger partial charge is 0.372 e. The molecule has 146 valence electrons. The van der Waals surface area contributed by atoms with Gasteiger partial charge in [0, 0.05) is 30.8 Å². The summed E-state index contributed by atoms with van der Waals surface area (Å²) in [6, 6.07) is 8.64. The topological polar surface area (TPSA) is 61.4 Å². The van der Waals surface area contributed by atoms with Gasteiger partial charge in [0.25, 0.3) is 5.91 Å².